The van der Waals surface area contributed by atoms with Crippen molar-refractivity contribution in [1.29, 1.82) is 5.26 Å². The number of benzene rings is 2. The van der Waals surface area contributed by atoms with Gasteiger partial charge in [0, 0.05) is 24.2 Å². The molecule has 2 aliphatic rings. The summed E-state index contributed by atoms with van der Waals surface area (Å²) in [6.45, 7) is 1.60. The first-order valence-corrected chi connectivity index (χ1v) is 8.99. The molecule has 2 atom stereocenters. The molecule has 4 rings (SSSR count). The SMILES string of the molecule is N#Cc1cc(F)c(C2(O)CC3COCC(C2)N3Cc2ccccc2)cc1F. The summed E-state index contributed by atoms with van der Waals surface area (Å²) < 4.78 is 34.3. The Bertz CT molecular complexity index is 868. The number of hydrogen-bond donors (Lipinski definition) is 1. The summed E-state index contributed by atoms with van der Waals surface area (Å²) in [7, 11) is 0. The van der Waals surface area contributed by atoms with Crippen LogP contribution in [-0.2, 0) is 16.9 Å². The minimum absolute atomic E-state index is 0.0738. The van der Waals surface area contributed by atoms with Crippen LogP contribution in [0, 0.1) is 23.0 Å². The Balaban J connectivity index is 1.63. The first-order chi connectivity index (χ1) is 13.0. The van der Waals surface area contributed by atoms with Crippen molar-refractivity contribution in [2.24, 2.45) is 0 Å². The molecule has 2 aromatic carbocycles. The van der Waals surface area contributed by atoms with Crippen molar-refractivity contribution in [1.82, 2.24) is 4.90 Å². The third-order valence-corrected chi connectivity index (χ3v) is 5.59. The van der Waals surface area contributed by atoms with Crippen LogP contribution in [0.1, 0.15) is 29.5 Å². The van der Waals surface area contributed by atoms with Crippen molar-refractivity contribution < 1.29 is 18.6 Å². The normalized spacial score (nSPS) is 27.9. The molecule has 27 heavy (non-hydrogen) atoms. The number of piperidine rings is 1. The molecule has 0 aromatic heterocycles. The van der Waals surface area contributed by atoms with Gasteiger partial charge in [0.1, 0.15) is 17.7 Å². The third kappa shape index (κ3) is 3.34. The number of fused-ring (bicyclic) bond motifs is 2. The number of hydrogen-bond acceptors (Lipinski definition) is 4. The zero-order chi connectivity index (χ0) is 19.0. The van der Waals surface area contributed by atoms with Crippen LogP contribution in [0.25, 0.3) is 0 Å². The van der Waals surface area contributed by atoms with E-state index < -0.39 is 17.2 Å². The van der Waals surface area contributed by atoms with Gasteiger partial charge in [0.05, 0.1) is 24.4 Å². The van der Waals surface area contributed by atoms with Crippen LogP contribution in [0.3, 0.4) is 0 Å². The maximum atomic E-state index is 14.5. The molecule has 0 saturated carbocycles. The summed E-state index contributed by atoms with van der Waals surface area (Å²) in [5, 5.41) is 20.1. The number of aliphatic hydroxyl groups is 1. The first kappa shape index (κ1) is 18.1. The summed E-state index contributed by atoms with van der Waals surface area (Å²) >= 11 is 0. The Labute approximate surface area is 156 Å². The highest BCUT2D eigenvalue weighted by molar-refractivity contribution is 5.37. The Morgan fingerprint density at radius 2 is 1.78 bits per heavy atom. The van der Waals surface area contributed by atoms with E-state index in [2.05, 4.69) is 4.90 Å². The quantitative estimate of drug-likeness (QED) is 0.902. The molecule has 2 saturated heterocycles. The predicted octanol–water partition coefficient (Wildman–Crippen LogP) is 3.09. The molecule has 0 amide bonds. The first-order valence-electron chi connectivity index (χ1n) is 8.99. The smallest absolute Gasteiger partial charge is 0.141 e. The van der Waals surface area contributed by atoms with E-state index in [1.807, 2.05) is 30.3 Å². The van der Waals surface area contributed by atoms with E-state index in [0.717, 1.165) is 24.2 Å². The van der Waals surface area contributed by atoms with Gasteiger partial charge in [-0.05, 0) is 30.5 Å². The minimum atomic E-state index is -1.48. The Hall–Kier alpha value is -2.33. The van der Waals surface area contributed by atoms with E-state index in [4.69, 9.17) is 10.00 Å². The summed E-state index contributed by atoms with van der Waals surface area (Å²) in [4.78, 5) is 2.28. The van der Waals surface area contributed by atoms with Crippen molar-refractivity contribution >= 4 is 0 Å². The molecule has 2 unspecified atom stereocenters. The van der Waals surface area contributed by atoms with Gasteiger partial charge >= 0.3 is 0 Å². The molecule has 6 heteroatoms. The summed E-state index contributed by atoms with van der Waals surface area (Å²) in [5.41, 5.74) is -0.749. The fraction of sp³-hybridized carbons (Fsp3) is 0.381. The second kappa shape index (κ2) is 7.01. The largest absolute Gasteiger partial charge is 0.385 e. The van der Waals surface area contributed by atoms with E-state index in [9.17, 15) is 13.9 Å². The number of nitriles is 1. The molecule has 0 spiro atoms. The van der Waals surface area contributed by atoms with E-state index in [-0.39, 0.29) is 36.1 Å². The maximum Gasteiger partial charge on any atom is 0.141 e. The molecular weight excluding hydrogens is 350 g/mol. The molecule has 2 fully saturated rings. The Kier molecular flexibility index (Phi) is 4.68. The molecule has 2 bridgehead atoms. The van der Waals surface area contributed by atoms with Crippen LogP contribution in [0.5, 0.6) is 0 Å². The molecule has 140 valence electrons. The Morgan fingerprint density at radius 1 is 1.11 bits per heavy atom. The molecule has 2 heterocycles. The average Bonchev–Trinajstić information content (AvgIpc) is 2.65. The highest BCUT2D eigenvalue weighted by Crippen LogP contribution is 2.42. The second-order valence-corrected chi connectivity index (χ2v) is 7.37. The average molecular weight is 370 g/mol. The lowest BCUT2D eigenvalue weighted by Crippen LogP contribution is -2.60. The monoisotopic (exact) mass is 370 g/mol. The van der Waals surface area contributed by atoms with Crippen LogP contribution in [0.4, 0.5) is 8.78 Å². The van der Waals surface area contributed by atoms with Gasteiger partial charge in [-0.1, -0.05) is 30.3 Å². The van der Waals surface area contributed by atoms with Crippen LogP contribution in [0.2, 0.25) is 0 Å². The number of halogens is 2. The zero-order valence-corrected chi connectivity index (χ0v) is 14.7. The van der Waals surface area contributed by atoms with Gasteiger partial charge in [-0.3, -0.25) is 4.90 Å². The van der Waals surface area contributed by atoms with Gasteiger partial charge in [-0.25, -0.2) is 8.78 Å². The van der Waals surface area contributed by atoms with Crippen molar-refractivity contribution in [3.8, 4) is 6.07 Å². The summed E-state index contributed by atoms with van der Waals surface area (Å²) in [6, 6.07) is 13.3. The lowest BCUT2D eigenvalue weighted by molar-refractivity contribution is -0.150. The minimum Gasteiger partial charge on any atom is -0.385 e. The number of rotatable bonds is 3. The number of morpholine rings is 1. The van der Waals surface area contributed by atoms with Gasteiger partial charge in [-0.15, -0.1) is 0 Å². The van der Waals surface area contributed by atoms with Gasteiger partial charge in [-0.2, -0.15) is 5.26 Å². The molecule has 4 nitrogen and oxygen atoms in total. The van der Waals surface area contributed by atoms with Crippen LogP contribution in [0.15, 0.2) is 42.5 Å². The second-order valence-electron chi connectivity index (χ2n) is 7.37. The number of ether oxygens (including phenoxy) is 1. The van der Waals surface area contributed by atoms with Crippen molar-refractivity contribution in [3.63, 3.8) is 0 Å². The predicted molar refractivity (Wildman–Crippen MR) is 94.6 cm³/mol. The number of nitrogens with zero attached hydrogens (tertiary/aromatic N) is 2. The highest BCUT2D eigenvalue weighted by atomic mass is 19.1. The molecule has 1 N–H and O–H groups in total. The van der Waals surface area contributed by atoms with Gasteiger partial charge < -0.3 is 9.84 Å². The van der Waals surface area contributed by atoms with Crippen LogP contribution in [-0.4, -0.2) is 35.3 Å². The lowest BCUT2D eigenvalue weighted by atomic mass is 9.76. The Morgan fingerprint density at radius 3 is 2.41 bits per heavy atom. The summed E-state index contributed by atoms with van der Waals surface area (Å²) in [6.07, 6.45) is 0.497. The van der Waals surface area contributed by atoms with Crippen LogP contribution < -0.4 is 0 Å². The van der Waals surface area contributed by atoms with E-state index in [1.54, 1.807) is 6.07 Å². The highest BCUT2D eigenvalue weighted by Gasteiger charge is 2.48. The van der Waals surface area contributed by atoms with Crippen molar-refractivity contribution in [2.75, 3.05) is 13.2 Å². The maximum absolute atomic E-state index is 14.5. The topological polar surface area (TPSA) is 56.5 Å². The molecular formula is C21H20F2N2O2. The fourth-order valence-electron chi connectivity index (χ4n) is 4.31. The molecule has 2 aliphatic heterocycles. The van der Waals surface area contributed by atoms with E-state index in [0.29, 0.717) is 13.2 Å². The zero-order valence-electron chi connectivity index (χ0n) is 14.7. The standard InChI is InChI=1S/C21H20F2N2O2/c22-19-7-18(20(23)6-15(19)10-24)21(26)8-16-12-27-13-17(9-21)25(16)11-14-4-2-1-3-5-14/h1-7,16-17,26H,8-9,11-13H2. The third-order valence-electron chi connectivity index (χ3n) is 5.59. The summed E-state index contributed by atoms with van der Waals surface area (Å²) in [5.74, 6) is -1.55. The molecule has 0 radical (unpaired) electrons. The van der Waals surface area contributed by atoms with E-state index in [1.165, 1.54) is 0 Å². The van der Waals surface area contributed by atoms with Gasteiger partial charge in [0.25, 0.3) is 0 Å². The van der Waals surface area contributed by atoms with Crippen molar-refractivity contribution in [3.05, 3.63) is 70.8 Å². The van der Waals surface area contributed by atoms with Crippen molar-refractivity contribution in [2.45, 2.75) is 37.1 Å². The van der Waals surface area contributed by atoms with Crippen LogP contribution >= 0.6 is 0 Å². The van der Waals surface area contributed by atoms with E-state index >= 15 is 0 Å². The molecule has 2 aromatic rings. The van der Waals surface area contributed by atoms with Gasteiger partial charge in [0.2, 0.25) is 0 Å². The lowest BCUT2D eigenvalue weighted by Gasteiger charge is -2.51. The van der Waals surface area contributed by atoms with Gasteiger partial charge in [0.15, 0.2) is 0 Å². The molecule has 0 aliphatic carbocycles. The fourth-order valence-corrected chi connectivity index (χ4v) is 4.31.